The molecule has 1 aliphatic rings. The van der Waals surface area contributed by atoms with Crippen molar-refractivity contribution in [3.63, 3.8) is 0 Å². The summed E-state index contributed by atoms with van der Waals surface area (Å²) >= 11 is 6.21. The average molecular weight is 238 g/mol. The van der Waals surface area contributed by atoms with Crippen LogP contribution in [0.2, 0.25) is 5.02 Å². The van der Waals surface area contributed by atoms with Crippen LogP contribution in [0.15, 0.2) is 36.1 Å². The fourth-order valence-corrected chi connectivity index (χ4v) is 2.16. The molecule has 1 aliphatic heterocycles. The molecule has 1 aromatic carbocycles. The molecule has 0 saturated carbocycles. The van der Waals surface area contributed by atoms with E-state index >= 15 is 0 Å². The van der Waals surface area contributed by atoms with Gasteiger partial charge in [-0.25, -0.2) is 0 Å². The molecule has 1 unspecified atom stereocenters. The minimum Gasteiger partial charge on any atom is -0.496 e. The molecule has 0 spiro atoms. The number of likely N-dealkylation sites (N-methyl/N-ethyl adjacent to an activating group) is 1. The van der Waals surface area contributed by atoms with E-state index in [9.17, 15) is 0 Å². The molecule has 1 atom stereocenters. The molecule has 0 saturated heterocycles. The zero-order chi connectivity index (χ0) is 11.4. The maximum absolute atomic E-state index is 6.21. The second kappa shape index (κ2) is 5.37. The first-order chi connectivity index (χ1) is 7.83. The van der Waals surface area contributed by atoms with Crippen LogP contribution in [-0.4, -0.2) is 13.2 Å². The standard InChI is InChI=1S/C13H16ClNO/c1-2-15-13(12-8-5-9-16-12)10-6-3-4-7-11(10)14/h3-4,6-8,13,15H,2,5,9H2,1H3. The van der Waals surface area contributed by atoms with Crippen molar-refractivity contribution in [3.05, 3.63) is 46.7 Å². The number of halogens is 1. The zero-order valence-electron chi connectivity index (χ0n) is 9.37. The number of hydrogen-bond donors (Lipinski definition) is 1. The summed E-state index contributed by atoms with van der Waals surface area (Å²) in [6.07, 6.45) is 3.12. The van der Waals surface area contributed by atoms with Crippen LogP contribution in [0.5, 0.6) is 0 Å². The Morgan fingerprint density at radius 2 is 2.25 bits per heavy atom. The minimum atomic E-state index is 0.0844. The van der Waals surface area contributed by atoms with Gasteiger partial charge in [0.1, 0.15) is 5.76 Å². The highest BCUT2D eigenvalue weighted by Crippen LogP contribution is 2.30. The number of rotatable bonds is 4. The maximum atomic E-state index is 6.21. The molecule has 0 bridgehead atoms. The van der Waals surface area contributed by atoms with Gasteiger partial charge in [0.25, 0.3) is 0 Å². The average Bonchev–Trinajstić information content (AvgIpc) is 2.80. The third-order valence-electron chi connectivity index (χ3n) is 2.64. The highest BCUT2D eigenvalue weighted by molar-refractivity contribution is 6.31. The monoisotopic (exact) mass is 237 g/mol. The Kier molecular flexibility index (Phi) is 3.86. The van der Waals surface area contributed by atoms with E-state index < -0.39 is 0 Å². The van der Waals surface area contributed by atoms with E-state index in [0.29, 0.717) is 0 Å². The van der Waals surface area contributed by atoms with E-state index in [1.165, 1.54) is 0 Å². The first-order valence-electron chi connectivity index (χ1n) is 5.63. The molecule has 3 heteroatoms. The van der Waals surface area contributed by atoms with E-state index in [0.717, 1.165) is 35.9 Å². The molecule has 2 rings (SSSR count). The fraction of sp³-hybridized carbons (Fsp3) is 0.385. The number of hydrogen-bond acceptors (Lipinski definition) is 2. The van der Waals surface area contributed by atoms with E-state index in [1.807, 2.05) is 24.3 Å². The fourth-order valence-electron chi connectivity index (χ4n) is 1.92. The summed E-state index contributed by atoms with van der Waals surface area (Å²) in [5.41, 5.74) is 1.08. The molecule has 1 heterocycles. The van der Waals surface area contributed by atoms with Crippen LogP contribution >= 0.6 is 11.6 Å². The van der Waals surface area contributed by atoms with Gasteiger partial charge in [-0.05, 0) is 24.3 Å². The Balaban J connectivity index is 2.28. The Labute approximate surface area is 101 Å². The van der Waals surface area contributed by atoms with Crippen molar-refractivity contribution in [1.82, 2.24) is 5.32 Å². The molecule has 0 aliphatic carbocycles. The van der Waals surface area contributed by atoms with Gasteiger partial charge < -0.3 is 10.1 Å². The summed E-state index contributed by atoms with van der Waals surface area (Å²) in [4.78, 5) is 0. The quantitative estimate of drug-likeness (QED) is 0.868. The minimum absolute atomic E-state index is 0.0844. The Morgan fingerprint density at radius 1 is 1.44 bits per heavy atom. The van der Waals surface area contributed by atoms with Gasteiger partial charge in [0, 0.05) is 11.4 Å². The summed E-state index contributed by atoms with van der Waals surface area (Å²) in [7, 11) is 0. The van der Waals surface area contributed by atoms with E-state index in [1.54, 1.807) is 0 Å². The van der Waals surface area contributed by atoms with Crippen LogP contribution in [0, 0.1) is 0 Å². The van der Waals surface area contributed by atoms with E-state index in [4.69, 9.17) is 16.3 Å². The van der Waals surface area contributed by atoms with Crippen molar-refractivity contribution in [1.29, 1.82) is 0 Å². The lowest BCUT2D eigenvalue weighted by atomic mass is 10.0. The first kappa shape index (κ1) is 11.5. The van der Waals surface area contributed by atoms with Crippen LogP contribution in [0.25, 0.3) is 0 Å². The van der Waals surface area contributed by atoms with Crippen LogP contribution in [0.1, 0.15) is 24.9 Å². The molecule has 0 fully saturated rings. The van der Waals surface area contributed by atoms with Crippen LogP contribution in [0.4, 0.5) is 0 Å². The molecule has 0 amide bonds. The van der Waals surface area contributed by atoms with Gasteiger partial charge in [-0.1, -0.05) is 36.7 Å². The third-order valence-corrected chi connectivity index (χ3v) is 2.99. The number of benzene rings is 1. The third kappa shape index (κ3) is 2.39. The molecular weight excluding hydrogens is 222 g/mol. The van der Waals surface area contributed by atoms with Crippen molar-refractivity contribution in [2.45, 2.75) is 19.4 Å². The SMILES string of the molecule is CCNC(C1=CCCO1)c1ccccc1Cl. The normalized spacial score (nSPS) is 16.8. The van der Waals surface area contributed by atoms with Crippen molar-refractivity contribution < 1.29 is 4.74 Å². The van der Waals surface area contributed by atoms with Gasteiger partial charge in [0.15, 0.2) is 0 Å². The van der Waals surface area contributed by atoms with Crippen molar-refractivity contribution in [2.24, 2.45) is 0 Å². The van der Waals surface area contributed by atoms with E-state index in [-0.39, 0.29) is 6.04 Å². The summed E-state index contributed by atoms with van der Waals surface area (Å²) < 4.78 is 5.62. The second-order valence-corrected chi connectivity index (χ2v) is 4.16. The maximum Gasteiger partial charge on any atom is 0.114 e. The zero-order valence-corrected chi connectivity index (χ0v) is 10.1. The lowest BCUT2D eigenvalue weighted by molar-refractivity contribution is 0.216. The van der Waals surface area contributed by atoms with Crippen LogP contribution in [0.3, 0.4) is 0 Å². The highest BCUT2D eigenvalue weighted by atomic mass is 35.5. The van der Waals surface area contributed by atoms with Crippen LogP contribution in [-0.2, 0) is 4.74 Å². The molecule has 2 nitrogen and oxygen atoms in total. The van der Waals surface area contributed by atoms with Gasteiger partial charge in [0.2, 0.25) is 0 Å². The molecule has 0 radical (unpaired) electrons. The molecule has 86 valence electrons. The topological polar surface area (TPSA) is 21.3 Å². The molecular formula is C13H16ClNO. The van der Waals surface area contributed by atoms with Crippen molar-refractivity contribution >= 4 is 11.6 Å². The number of ether oxygens (including phenoxy) is 1. The second-order valence-electron chi connectivity index (χ2n) is 3.76. The van der Waals surface area contributed by atoms with Crippen molar-refractivity contribution in [3.8, 4) is 0 Å². The molecule has 1 N–H and O–H groups in total. The smallest absolute Gasteiger partial charge is 0.114 e. The lowest BCUT2D eigenvalue weighted by Crippen LogP contribution is -2.23. The summed E-state index contributed by atoms with van der Waals surface area (Å²) in [6, 6.07) is 7.98. The van der Waals surface area contributed by atoms with Crippen LogP contribution < -0.4 is 5.32 Å². The predicted octanol–water partition coefficient (Wildman–Crippen LogP) is 3.29. The van der Waals surface area contributed by atoms with Gasteiger partial charge in [-0.2, -0.15) is 0 Å². The molecule has 16 heavy (non-hydrogen) atoms. The van der Waals surface area contributed by atoms with E-state index in [2.05, 4.69) is 18.3 Å². The van der Waals surface area contributed by atoms with Crippen molar-refractivity contribution in [2.75, 3.05) is 13.2 Å². The van der Waals surface area contributed by atoms with Gasteiger partial charge in [-0.3, -0.25) is 0 Å². The summed E-state index contributed by atoms with van der Waals surface area (Å²) in [6.45, 7) is 3.75. The Bertz CT molecular complexity index is 389. The highest BCUT2D eigenvalue weighted by Gasteiger charge is 2.21. The van der Waals surface area contributed by atoms with Gasteiger partial charge >= 0.3 is 0 Å². The van der Waals surface area contributed by atoms with Gasteiger partial charge in [0.05, 0.1) is 12.6 Å². The Morgan fingerprint density at radius 3 is 2.88 bits per heavy atom. The molecule has 0 aromatic heterocycles. The largest absolute Gasteiger partial charge is 0.496 e. The summed E-state index contributed by atoms with van der Waals surface area (Å²) in [5.74, 6) is 0.995. The first-order valence-corrected chi connectivity index (χ1v) is 6.01. The summed E-state index contributed by atoms with van der Waals surface area (Å²) in [5, 5.41) is 4.19. The Hall–Kier alpha value is -0.990. The predicted molar refractivity (Wildman–Crippen MR) is 66.5 cm³/mol. The van der Waals surface area contributed by atoms with Gasteiger partial charge in [-0.15, -0.1) is 0 Å². The lowest BCUT2D eigenvalue weighted by Gasteiger charge is -2.20. The number of nitrogens with one attached hydrogen (secondary N) is 1. The molecule has 1 aromatic rings.